The topological polar surface area (TPSA) is 75.4 Å². The predicted octanol–water partition coefficient (Wildman–Crippen LogP) is 0.373. The molecule has 98 valence electrons. The molecule has 1 rings (SSSR count). The number of halogens is 1. The minimum Gasteiger partial charge on any atom is -0.346 e. The van der Waals surface area contributed by atoms with Gasteiger partial charge >= 0.3 is 0 Å². The maximum absolute atomic E-state index is 11.7. The van der Waals surface area contributed by atoms with Gasteiger partial charge in [0.05, 0.1) is 13.1 Å². The Kier molecular flexibility index (Phi) is 5.61. The first kappa shape index (κ1) is 14.5. The zero-order valence-corrected chi connectivity index (χ0v) is 10.9. The van der Waals surface area contributed by atoms with Crippen LogP contribution >= 0.6 is 11.6 Å². The number of likely N-dealkylation sites (N-methyl/N-ethyl adjacent to an activating group) is 1. The van der Waals surface area contributed by atoms with Gasteiger partial charge in [0.15, 0.2) is 0 Å². The number of nitrogens with one attached hydrogen (secondary N) is 1. The normalized spacial score (nSPS) is 9.94. The Morgan fingerprint density at radius 3 is 2.50 bits per heavy atom. The summed E-state index contributed by atoms with van der Waals surface area (Å²) in [4.78, 5) is 24.1. The first-order valence-corrected chi connectivity index (χ1v) is 5.86. The van der Waals surface area contributed by atoms with Crippen LogP contribution in [0.4, 0.5) is 0 Å². The van der Waals surface area contributed by atoms with Crippen LogP contribution in [-0.4, -0.2) is 36.9 Å². The molecule has 3 N–H and O–H groups in total. The molecule has 1 aromatic rings. The van der Waals surface area contributed by atoms with Gasteiger partial charge in [-0.2, -0.15) is 0 Å². The lowest BCUT2D eigenvalue weighted by Gasteiger charge is -2.17. The molecule has 18 heavy (non-hydrogen) atoms. The molecule has 5 nitrogen and oxygen atoms in total. The summed E-state index contributed by atoms with van der Waals surface area (Å²) in [5.41, 5.74) is 6.10. The standard InChI is InChI=1S/C12H16ClN3O2/c1-16(12(18)7-15-11(17)6-14)8-9-2-4-10(13)5-3-9/h2-5H,6-8,14H2,1H3,(H,15,17). The molecule has 0 aliphatic carbocycles. The number of rotatable bonds is 5. The predicted molar refractivity (Wildman–Crippen MR) is 70.0 cm³/mol. The van der Waals surface area contributed by atoms with Crippen molar-refractivity contribution in [3.05, 3.63) is 34.9 Å². The fourth-order valence-electron chi connectivity index (χ4n) is 1.33. The number of amides is 2. The molecule has 0 heterocycles. The molecule has 0 radical (unpaired) electrons. The summed E-state index contributed by atoms with van der Waals surface area (Å²) in [5, 5.41) is 3.09. The highest BCUT2D eigenvalue weighted by atomic mass is 35.5. The van der Waals surface area contributed by atoms with Crippen LogP contribution in [0.15, 0.2) is 24.3 Å². The minimum atomic E-state index is -0.344. The molecule has 0 atom stereocenters. The summed E-state index contributed by atoms with van der Waals surface area (Å²) in [5.74, 6) is -0.519. The van der Waals surface area contributed by atoms with Gasteiger partial charge < -0.3 is 16.0 Å². The van der Waals surface area contributed by atoms with Gasteiger partial charge in [0.1, 0.15) is 0 Å². The fraction of sp³-hybridized carbons (Fsp3) is 0.333. The second-order valence-corrected chi connectivity index (χ2v) is 4.29. The van der Waals surface area contributed by atoms with Gasteiger partial charge in [-0.3, -0.25) is 9.59 Å². The number of carbonyl (C=O) groups excluding carboxylic acids is 2. The van der Waals surface area contributed by atoms with Crippen molar-refractivity contribution in [2.75, 3.05) is 20.1 Å². The van der Waals surface area contributed by atoms with E-state index in [1.165, 1.54) is 4.90 Å². The quantitative estimate of drug-likeness (QED) is 0.811. The average molecular weight is 270 g/mol. The zero-order chi connectivity index (χ0) is 13.5. The number of nitrogens with zero attached hydrogens (tertiary/aromatic N) is 1. The van der Waals surface area contributed by atoms with Crippen molar-refractivity contribution < 1.29 is 9.59 Å². The molecule has 2 amide bonds. The summed E-state index contributed by atoms with van der Waals surface area (Å²) in [6.07, 6.45) is 0. The molecule has 0 saturated carbocycles. The Labute approximate surface area is 111 Å². The first-order valence-electron chi connectivity index (χ1n) is 5.48. The van der Waals surface area contributed by atoms with Gasteiger partial charge in [-0.25, -0.2) is 0 Å². The Bertz CT molecular complexity index is 420. The summed E-state index contributed by atoms with van der Waals surface area (Å²) < 4.78 is 0. The van der Waals surface area contributed by atoms with Gasteiger partial charge in [-0.05, 0) is 17.7 Å². The summed E-state index contributed by atoms with van der Waals surface area (Å²) in [6.45, 7) is 0.308. The van der Waals surface area contributed by atoms with E-state index in [4.69, 9.17) is 17.3 Å². The van der Waals surface area contributed by atoms with E-state index in [-0.39, 0.29) is 24.9 Å². The number of carbonyl (C=O) groups is 2. The van der Waals surface area contributed by atoms with Crippen LogP contribution in [-0.2, 0) is 16.1 Å². The highest BCUT2D eigenvalue weighted by molar-refractivity contribution is 6.30. The van der Waals surface area contributed by atoms with Gasteiger partial charge in [0, 0.05) is 18.6 Å². The minimum absolute atomic E-state index is 0.0415. The second-order valence-electron chi connectivity index (χ2n) is 3.86. The SMILES string of the molecule is CN(Cc1ccc(Cl)cc1)C(=O)CNC(=O)CN. The van der Waals surface area contributed by atoms with E-state index in [1.807, 2.05) is 12.1 Å². The van der Waals surface area contributed by atoms with Crippen LogP contribution in [0.25, 0.3) is 0 Å². The lowest BCUT2D eigenvalue weighted by atomic mass is 10.2. The van der Waals surface area contributed by atoms with E-state index in [2.05, 4.69) is 5.32 Å². The summed E-state index contributed by atoms with van der Waals surface area (Å²) in [6, 6.07) is 7.24. The Balaban J connectivity index is 2.44. The van der Waals surface area contributed by atoms with Crippen molar-refractivity contribution in [2.24, 2.45) is 5.73 Å². The molecule has 0 bridgehead atoms. The molecule has 0 unspecified atom stereocenters. The summed E-state index contributed by atoms with van der Waals surface area (Å²) >= 11 is 5.77. The third-order valence-corrected chi connectivity index (χ3v) is 2.63. The van der Waals surface area contributed by atoms with Crippen LogP contribution in [0.2, 0.25) is 5.02 Å². The molecule has 6 heteroatoms. The number of hydrogen-bond acceptors (Lipinski definition) is 3. The molecule has 0 spiro atoms. The van der Waals surface area contributed by atoms with Crippen LogP contribution < -0.4 is 11.1 Å². The van der Waals surface area contributed by atoms with Crippen LogP contribution in [0.3, 0.4) is 0 Å². The molecule has 0 saturated heterocycles. The second kappa shape index (κ2) is 6.98. The van der Waals surface area contributed by atoms with Gasteiger partial charge in [0.2, 0.25) is 11.8 Å². The van der Waals surface area contributed by atoms with E-state index in [1.54, 1.807) is 19.2 Å². The van der Waals surface area contributed by atoms with Crippen molar-refractivity contribution >= 4 is 23.4 Å². The smallest absolute Gasteiger partial charge is 0.242 e. The Morgan fingerprint density at radius 2 is 1.94 bits per heavy atom. The van der Waals surface area contributed by atoms with E-state index in [0.717, 1.165) is 5.56 Å². The molecule has 1 aromatic carbocycles. The molecular weight excluding hydrogens is 254 g/mol. The van der Waals surface area contributed by atoms with Crippen molar-refractivity contribution in [1.29, 1.82) is 0 Å². The fourth-order valence-corrected chi connectivity index (χ4v) is 1.46. The molecular formula is C12H16ClN3O2. The number of benzene rings is 1. The lowest BCUT2D eigenvalue weighted by Crippen LogP contribution is -2.40. The molecule has 0 fully saturated rings. The van der Waals surface area contributed by atoms with Gasteiger partial charge in [-0.1, -0.05) is 23.7 Å². The van der Waals surface area contributed by atoms with Crippen LogP contribution in [0.1, 0.15) is 5.56 Å². The summed E-state index contributed by atoms with van der Waals surface area (Å²) in [7, 11) is 1.67. The molecule has 0 aliphatic rings. The highest BCUT2D eigenvalue weighted by Crippen LogP contribution is 2.10. The van der Waals surface area contributed by atoms with E-state index < -0.39 is 0 Å². The Hall–Kier alpha value is -1.59. The van der Waals surface area contributed by atoms with E-state index in [9.17, 15) is 9.59 Å². The van der Waals surface area contributed by atoms with Crippen LogP contribution in [0, 0.1) is 0 Å². The van der Waals surface area contributed by atoms with E-state index in [0.29, 0.717) is 11.6 Å². The maximum Gasteiger partial charge on any atom is 0.242 e. The Morgan fingerprint density at radius 1 is 1.33 bits per heavy atom. The van der Waals surface area contributed by atoms with Crippen molar-refractivity contribution in [2.45, 2.75) is 6.54 Å². The number of hydrogen-bond donors (Lipinski definition) is 2. The lowest BCUT2D eigenvalue weighted by molar-refractivity contribution is -0.131. The van der Waals surface area contributed by atoms with E-state index >= 15 is 0 Å². The zero-order valence-electron chi connectivity index (χ0n) is 10.1. The first-order chi connectivity index (χ1) is 8.52. The molecule has 0 aliphatic heterocycles. The third kappa shape index (κ3) is 4.73. The van der Waals surface area contributed by atoms with Crippen LogP contribution in [0.5, 0.6) is 0 Å². The number of nitrogens with two attached hydrogens (primary N) is 1. The monoisotopic (exact) mass is 269 g/mol. The van der Waals surface area contributed by atoms with Crippen molar-refractivity contribution in [3.8, 4) is 0 Å². The van der Waals surface area contributed by atoms with Crippen molar-refractivity contribution in [1.82, 2.24) is 10.2 Å². The third-order valence-electron chi connectivity index (χ3n) is 2.38. The maximum atomic E-state index is 11.7. The highest BCUT2D eigenvalue weighted by Gasteiger charge is 2.10. The largest absolute Gasteiger partial charge is 0.346 e. The van der Waals surface area contributed by atoms with Crippen molar-refractivity contribution in [3.63, 3.8) is 0 Å². The van der Waals surface area contributed by atoms with Gasteiger partial charge in [0.25, 0.3) is 0 Å². The average Bonchev–Trinajstić information content (AvgIpc) is 2.38. The molecule has 0 aromatic heterocycles. The van der Waals surface area contributed by atoms with Gasteiger partial charge in [-0.15, -0.1) is 0 Å².